The highest BCUT2D eigenvalue weighted by Crippen LogP contribution is 2.25. The number of hydrogen-bond acceptors (Lipinski definition) is 3. The van der Waals surface area contributed by atoms with Gasteiger partial charge in [0.2, 0.25) is 0 Å². The fraction of sp³-hybridized carbons (Fsp3) is 0.333. The SMILES string of the molecule is COC(C)CCC(=O)c1cc(-c2cc3cc(F)ccc3[nH]2)n(C)n1. The minimum Gasteiger partial charge on any atom is -0.382 e. The van der Waals surface area contributed by atoms with E-state index in [1.54, 1.807) is 31.0 Å². The fourth-order valence-electron chi connectivity index (χ4n) is 2.68. The maximum absolute atomic E-state index is 13.3. The standard InChI is InChI=1S/C18H20FN3O2/c1-11(24-3)4-7-18(23)16-10-17(22(2)21-16)15-9-12-8-13(19)5-6-14(12)20-15/h5-6,8-11,20H,4,7H2,1-3H3. The number of rotatable bonds is 6. The number of hydrogen-bond donors (Lipinski definition) is 1. The molecule has 1 aromatic carbocycles. The number of nitrogens with one attached hydrogen (secondary N) is 1. The molecular weight excluding hydrogens is 309 g/mol. The van der Waals surface area contributed by atoms with Crippen LogP contribution in [0.1, 0.15) is 30.3 Å². The zero-order valence-corrected chi connectivity index (χ0v) is 14.0. The van der Waals surface area contributed by atoms with E-state index in [0.717, 1.165) is 22.3 Å². The molecule has 0 radical (unpaired) electrons. The number of aromatic nitrogens is 3. The molecule has 5 nitrogen and oxygen atoms in total. The minimum absolute atomic E-state index is 0.0112. The summed E-state index contributed by atoms with van der Waals surface area (Å²) in [5.41, 5.74) is 2.86. The molecule has 0 bridgehead atoms. The van der Waals surface area contributed by atoms with Gasteiger partial charge in [0.25, 0.3) is 0 Å². The lowest BCUT2D eigenvalue weighted by atomic mass is 10.1. The highest BCUT2D eigenvalue weighted by molar-refractivity contribution is 5.95. The number of nitrogens with zero attached hydrogens (tertiary/aromatic N) is 2. The number of ketones is 1. The first-order valence-electron chi connectivity index (χ1n) is 7.86. The van der Waals surface area contributed by atoms with Crippen LogP contribution in [0.25, 0.3) is 22.3 Å². The second-order valence-corrected chi connectivity index (χ2v) is 5.96. The Labute approximate surface area is 139 Å². The van der Waals surface area contributed by atoms with Crippen LogP contribution in [-0.2, 0) is 11.8 Å². The quantitative estimate of drug-likeness (QED) is 0.701. The molecule has 1 N–H and O–H groups in total. The number of ether oxygens (including phenoxy) is 1. The van der Waals surface area contributed by atoms with E-state index in [9.17, 15) is 9.18 Å². The van der Waals surface area contributed by atoms with Crippen LogP contribution in [0.5, 0.6) is 0 Å². The Morgan fingerprint density at radius 1 is 1.38 bits per heavy atom. The Morgan fingerprint density at radius 3 is 2.92 bits per heavy atom. The summed E-state index contributed by atoms with van der Waals surface area (Å²) in [5.74, 6) is -0.288. The van der Waals surface area contributed by atoms with Crippen LogP contribution in [-0.4, -0.2) is 33.8 Å². The number of aryl methyl sites for hydroxylation is 1. The third kappa shape index (κ3) is 3.23. The number of H-pyrrole nitrogens is 1. The topological polar surface area (TPSA) is 59.9 Å². The van der Waals surface area contributed by atoms with Crippen molar-refractivity contribution in [1.82, 2.24) is 14.8 Å². The molecule has 0 aliphatic heterocycles. The Hall–Kier alpha value is -2.47. The number of benzene rings is 1. The lowest BCUT2D eigenvalue weighted by molar-refractivity contribution is 0.0873. The maximum Gasteiger partial charge on any atom is 0.183 e. The number of aromatic amines is 1. The van der Waals surface area contributed by atoms with Crippen molar-refractivity contribution in [2.75, 3.05) is 7.11 Å². The smallest absolute Gasteiger partial charge is 0.183 e. The number of Topliss-reactive ketones (excluding diaryl/α,β-unsaturated/α-hetero) is 1. The molecule has 3 aromatic rings. The van der Waals surface area contributed by atoms with Gasteiger partial charge in [-0.2, -0.15) is 5.10 Å². The predicted molar refractivity (Wildman–Crippen MR) is 90.5 cm³/mol. The van der Waals surface area contributed by atoms with E-state index < -0.39 is 0 Å². The largest absolute Gasteiger partial charge is 0.382 e. The first-order chi connectivity index (χ1) is 11.5. The zero-order chi connectivity index (χ0) is 17.3. The first-order valence-corrected chi connectivity index (χ1v) is 7.86. The average molecular weight is 329 g/mol. The lowest BCUT2D eigenvalue weighted by Crippen LogP contribution is -2.09. The van der Waals surface area contributed by atoms with E-state index in [1.807, 2.05) is 13.0 Å². The molecular formula is C18H20FN3O2. The Morgan fingerprint density at radius 2 is 2.17 bits per heavy atom. The molecule has 24 heavy (non-hydrogen) atoms. The molecule has 0 aliphatic carbocycles. The van der Waals surface area contributed by atoms with Crippen molar-refractivity contribution in [1.29, 1.82) is 0 Å². The second kappa shape index (κ2) is 6.57. The van der Waals surface area contributed by atoms with Crippen molar-refractivity contribution in [2.45, 2.75) is 25.9 Å². The Balaban J connectivity index is 1.86. The maximum atomic E-state index is 13.3. The molecule has 2 aromatic heterocycles. The van der Waals surface area contributed by atoms with Gasteiger partial charge in [0.15, 0.2) is 5.78 Å². The van der Waals surface area contributed by atoms with Crippen LogP contribution < -0.4 is 0 Å². The van der Waals surface area contributed by atoms with Crippen molar-refractivity contribution in [3.8, 4) is 11.4 Å². The van der Waals surface area contributed by atoms with Crippen molar-refractivity contribution < 1.29 is 13.9 Å². The summed E-state index contributed by atoms with van der Waals surface area (Å²) in [4.78, 5) is 15.5. The molecule has 1 unspecified atom stereocenters. The Bertz CT molecular complexity index is 882. The van der Waals surface area contributed by atoms with Gasteiger partial charge in [0.05, 0.1) is 17.5 Å². The first kappa shape index (κ1) is 16.4. The second-order valence-electron chi connectivity index (χ2n) is 5.96. The van der Waals surface area contributed by atoms with Gasteiger partial charge in [-0.1, -0.05) is 0 Å². The molecule has 0 aliphatic rings. The third-order valence-corrected chi connectivity index (χ3v) is 4.20. The predicted octanol–water partition coefficient (Wildman–Crippen LogP) is 3.71. The highest BCUT2D eigenvalue weighted by Gasteiger charge is 2.16. The van der Waals surface area contributed by atoms with E-state index in [1.165, 1.54) is 12.1 Å². The van der Waals surface area contributed by atoms with Gasteiger partial charge >= 0.3 is 0 Å². The van der Waals surface area contributed by atoms with Crippen LogP contribution in [0.15, 0.2) is 30.3 Å². The molecule has 2 heterocycles. The lowest BCUT2D eigenvalue weighted by Gasteiger charge is -2.06. The van der Waals surface area contributed by atoms with Crippen LogP contribution in [0.4, 0.5) is 4.39 Å². The molecule has 6 heteroatoms. The summed E-state index contributed by atoms with van der Waals surface area (Å²) in [6.07, 6.45) is 1.09. The zero-order valence-electron chi connectivity index (χ0n) is 14.0. The number of methoxy groups -OCH3 is 1. The summed E-state index contributed by atoms with van der Waals surface area (Å²) >= 11 is 0. The number of fused-ring (bicyclic) bond motifs is 1. The van der Waals surface area contributed by atoms with Gasteiger partial charge in [-0.25, -0.2) is 4.39 Å². The summed E-state index contributed by atoms with van der Waals surface area (Å²) in [7, 11) is 3.42. The van der Waals surface area contributed by atoms with Gasteiger partial charge < -0.3 is 9.72 Å². The molecule has 0 amide bonds. The summed E-state index contributed by atoms with van der Waals surface area (Å²) in [6.45, 7) is 1.93. The molecule has 3 rings (SSSR count). The summed E-state index contributed by atoms with van der Waals surface area (Å²) < 4.78 is 20.2. The number of halogens is 1. The van der Waals surface area contributed by atoms with Crippen LogP contribution in [0.2, 0.25) is 0 Å². The highest BCUT2D eigenvalue weighted by atomic mass is 19.1. The van der Waals surface area contributed by atoms with E-state index in [4.69, 9.17) is 4.74 Å². The summed E-state index contributed by atoms with van der Waals surface area (Å²) in [6, 6.07) is 8.21. The monoisotopic (exact) mass is 329 g/mol. The van der Waals surface area contributed by atoms with Crippen molar-refractivity contribution in [2.24, 2.45) is 7.05 Å². The molecule has 126 valence electrons. The molecule has 0 saturated carbocycles. The molecule has 0 saturated heterocycles. The van der Waals surface area contributed by atoms with Gasteiger partial charge in [-0.3, -0.25) is 9.48 Å². The Kier molecular flexibility index (Phi) is 4.49. The van der Waals surface area contributed by atoms with Gasteiger partial charge in [0, 0.05) is 31.5 Å². The van der Waals surface area contributed by atoms with Gasteiger partial charge in [-0.05, 0) is 43.7 Å². The van der Waals surface area contributed by atoms with Crippen molar-refractivity contribution in [3.05, 3.63) is 41.8 Å². The fourth-order valence-corrected chi connectivity index (χ4v) is 2.68. The van der Waals surface area contributed by atoms with Crippen molar-refractivity contribution >= 4 is 16.7 Å². The van der Waals surface area contributed by atoms with Crippen molar-refractivity contribution in [3.63, 3.8) is 0 Å². The van der Waals surface area contributed by atoms with Crippen LogP contribution in [0, 0.1) is 5.82 Å². The van der Waals surface area contributed by atoms with Gasteiger partial charge in [-0.15, -0.1) is 0 Å². The van der Waals surface area contributed by atoms with Crippen LogP contribution in [0.3, 0.4) is 0 Å². The van der Waals surface area contributed by atoms with E-state index in [2.05, 4.69) is 10.1 Å². The molecule has 1 atom stereocenters. The molecule has 0 spiro atoms. The van der Waals surface area contributed by atoms with E-state index in [0.29, 0.717) is 18.5 Å². The average Bonchev–Trinajstić information content (AvgIpc) is 3.14. The normalized spacial score (nSPS) is 12.7. The minimum atomic E-state index is -0.277. The summed E-state index contributed by atoms with van der Waals surface area (Å²) in [5, 5.41) is 5.10. The number of carbonyl (C=O) groups excluding carboxylic acids is 1. The number of carbonyl (C=O) groups is 1. The molecule has 0 fully saturated rings. The van der Waals surface area contributed by atoms with E-state index >= 15 is 0 Å². The van der Waals surface area contributed by atoms with Gasteiger partial charge in [0.1, 0.15) is 11.5 Å². The third-order valence-electron chi connectivity index (χ3n) is 4.20. The van der Waals surface area contributed by atoms with Crippen LogP contribution >= 0.6 is 0 Å². The van der Waals surface area contributed by atoms with E-state index in [-0.39, 0.29) is 17.7 Å².